The minimum Gasteiger partial charge on any atom is -0.493 e. The zero-order chi connectivity index (χ0) is 16.8. The molecule has 3 rings (SSSR count). The summed E-state index contributed by atoms with van der Waals surface area (Å²) in [7, 11) is 0. The summed E-state index contributed by atoms with van der Waals surface area (Å²) in [5.41, 5.74) is 1.71. The van der Waals surface area contributed by atoms with Crippen LogP contribution in [0.3, 0.4) is 0 Å². The molecule has 0 aliphatic carbocycles. The van der Waals surface area contributed by atoms with Crippen LogP contribution in [0.2, 0.25) is 0 Å². The molecular formula is C19H20N2O3. The van der Waals surface area contributed by atoms with E-state index in [0.29, 0.717) is 18.7 Å². The van der Waals surface area contributed by atoms with Crippen molar-refractivity contribution in [3.8, 4) is 5.75 Å². The highest BCUT2D eigenvalue weighted by Crippen LogP contribution is 2.26. The van der Waals surface area contributed by atoms with Gasteiger partial charge in [-0.25, -0.2) is 0 Å². The lowest BCUT2D eigenvalue weighted by Crippen LogP contribution is -2.40. The third kappa shape index (κ3) is 4.13. The topological polar surface area (TPSA) is 67.4 Å². The normalized spacial score (nSPS) is 15.8. The Morgan fingerprint density at radius 2 is 1.75 bits per heavy atom. The highest BCUT2D eigenvalue weighted by atomic mass is 16.5. The quantitative estimate of drug-likeness (QED) is 0.881. The number of nitrogens with one attached hydrogen (secondary N) is 2. The van der Waals surface area contributed by atoms with Gasteiger partial charge in [-0.3, -0.25) is 9.59 Å². The molecule has 5 nitrogen and oxygen atoms in total. The van der Waals surface area contributed by atoms with Crippen LogP contribution in [0.15, 0.2) is 54.6 Å². The van der Waals surface area contributed by atoms with Crippen LogP contribution in [-0.2, 0) is 11.2 Å². The molecule has 1 unspecified atom stereocenters. The lowest BCUT2D eigenvalue weighted by Gasteiger charge is -2.25. The Kier molecular flexibility index (Phi) is 5.11. The molecule has 0 spiro atoms. The van der Waals surface area contributed by atoms with Crippen molar-refractivity contribution < 1.29 is 14.3 Å². The lowest BCUT2D eigenvalue weighted by atomic mass is 9.97. The van der Waals surface area contributed by atoms with Crippen molar-refractivity contribution in [2.24, 2.45) is 5.92 Å². The number of ether oxygens (including phenoxy) is 1. The first-order valence-corrected chi connectivity index (χ1v) is 8.03. The van der Waals surface area contributed by atoms with Gasteiger partial charge in [-0.2, -0.15) is 0 Å². The van der Waals surface area contributed by atoms with Gasteiger partial charge in [0, 0.05) is 18.0 Å². The van der Waals surface area contributed by atoms with Gasteiger partial charge >= 0.3 is 0 Å². The number of carbonyl (C=O) groups is 2. The zero-order valence-corrected chi connectivity index (χ0v) is 13.3. The minimum absolute atomic E-state index is 0.0299. The minimum atomic E-state index is -0.249. The fourth-order valence-corrected chi connectivity index (χ4v) is 2.69. The Balaban J connectivity index is 1.41. The number of carbonyl (C=O) groups excluding carboxylic acids is 2. The van der Waals surface area contributed by atoms with E-state index in [1.165, 1.54) is 5.56 Å². The van der Waals surface area contributed by atoms with Crippen molar-refractivity contribution in [2.45, 2.75) is 6.42 Å². The number of fused-ring (bicyclic) bond motifs is 1. The SMILES string of the molecule is O=C(CNC(=O)c1ccccc1)NCC1COc2ccccc2C1. The van der Waals surface area contributed by atoms with Gasteiger partial charge in [0.2, 0.25) is 5.91 Å². The Morgan fingerprint density at radius 3 is 2.58 bits per heavy atom. The van der Waals surface area contributed by atoms with Crippen LogP contribution in [-0.4, -0.2) is 31.5 Å². The van der Waals surface area contributed by atoms with Crippen LogP contribution in [0, 0.1) is 5.92 Å². The van der Waals surface area contributed by atoms with Gasteiger partial charge in [-0.05, 0) is 30.2 Å². The molecule has 1 atom stereocenters. The Hall–Kier alpha value is -2.82. The van der Waals surface area contributed by atoms with Gasteiger partial charge in [0.05, 0.1) is 13.2 Å². The number of amides is 2. The molecule has 0 saturated heterocycles. The number of rotatable bonds is 5. The molecule has 0 aromatic heterocycles. The predicted molar refractivity (Wildman–Crippen MR) is 90.9 cm³/mol. The molecule has 2 N–H and O–H groups in total. The highest BCUT2D eigenvalue weighted by molar-refractivity contribution is 5.96. The number of hydrogen-bond acceptors (Lipinski definition) is 3. The van der Waals surface area contributed by atoms with E-state index in [1.54, 1.807) is 24.3 Å². The third-order valence-electron chi connectivity index (χ3n) is 3.99. The molecule has 124 valence electrons. The van der Waals surface area contributed by atoms with Crippen molar-refractivity contribution in [3.05, 3.63) is 65.7 Å². The molecule has 0 fully saturated rings. The first-order valence-electron chi connectivity index (χ1n) is 8.03. The number of hydrogen-bond donors (Lipinski definition) is 2. The summed E-state index contributed by atoms with van der Waals surface area (Å²) in [6.45, 7) is 1.10. The summed E-state index contributed by atoms with van der Waals surface area (Å²) >= 11 is 0. The first-order chi connectivity index (χ1) is 11.7. The first kappa shape index (κ1) is 16.1. The third-order valence-corrected chi connectivity index (χ3v) is 3.99. The van der Waals surface area contributed by atoms with E-state index in [1.807, 2.05) is 30.3 Å². The maximum atomic E-state index is 11.9. The Morgan fingerprint density at radius 1 is 1.00 bits per heavy atom. The summed E-state index contributed by atoms with van der Waals surface area (Å²) in [6.07, 6.45) is 0.882. The molecule has 0 radical (unpaired) electrons. The van der Waals surface area contributed by atoms with Crippen LogP contribution in [0.5, 0.6) is 5.75 Å². The molecule has 2 aromatic rings. The van der Waals surface area contributed by atoms with Crippen molar-refractivity contribution in [3.63, 3.8) is 0 Å². The summed E-state index contributed by atoms with van der Waals surface area (Å²) in [6, 6.07) is 16.8. The van der Waals surface area contributed by atoms with E-state index in [4.69, 9.17) is 4.74 Å². The molecule has 0 bridgehead atoms. The van der Waals surface area contributed by atoms with Gasteiger partial charge in [-0.15, -0.1) is 0 Å². The molecule has 0 saturated carbocycles. The smallest absolute Gasteiger partial charge is 0.251 e. The summed E-state index contributed by atoms with van der Waals surface area (Å²) in [5, 5.41) is 5.48. The van der Waals surface area contributed by atoms with Crippen molar-refractivity contribution >= 4 is 11.8 Å². The molecule has 24 heavy (non-hydrogen) atoms. The summed E-state index contributed by atoms with van der Waals surface area (Å²) in [5.74, 6) is 0.725. The maximum Gasteiger partial charge on any atom is 0.251 e. The molecule has 1 aliphatic rings. The van der Waals surface area contributed by atoms with E-state index in [9.17, 15) is 9.59 Å². The zero-order valence-electron chi connectivity index (χ0n) is 13.3. The Bertz CT molecular complexity index is 716. The molecule has 5 heteroatoms. The van der Waals surface area contributed by atoms with E-state index < -0.39 is 0 Å². The van der Waals surface area contributed by atoms with Crippen molar-refractivity contribution in [1.29, 1.82) is 0 Å². The van der Waals surface area contributed by atoms with Gasteiger partial charge < -0.3 is 15.4 Å². The molecule has 1 heterocycles. The summed E-state index contributed by atoms with van der Waals surface area (Å²) in [4.78, 5) is 23.8. The monoisotopic (exact) mass is 324 g/mol. The van der Waals surface area contributed by atoms with Crippen molar-refractivity contribution in [1.82, 2.24) is 10.6 Å². The standard InChI is InChI=1S/C19H20N2O3/c22-18(12-21-19(23)15-6-2-1-3-7-15)20-11-14-10-16-8-4-5-9-17(16)24-13-14/h1-9,14H,10-13H2,(H,20,22)(H,21,23). The fourth-order valence-electron chi connectivity index (χ4n) is 2.69. The highest BCUT2D eigenvalue weighted by Gasteiger charge is 2.20. The molecule has 2 amide bonds. The predicted octanol–water partition coefficient (Wildman–Crippen LogP) is 1.78. The Labute approximate surface area is 141 Å². The number of benzene rings is 2. The lowest BCUT2D eigenvalue weighted by molar-refractivity contribution is -0.120. The van der Waals surface area contributed by atoms with E-state index in [0.717, 1.165) is 12.2 Å². The van der Waals surface area contributed by atoms with Crippen molar-refractivity contribution in [2.75, 3.05) is 19.7 Å². The molecule has 2 aromatic carbocycles. The van der Waals surface area contributed by atoms with E-state index >= 15 is 0 Å². The van der Waals surface area contributed by atoms with Crippen LogP contribution in [0.4, 0.5) is 0 Å². The van der Waals surface area contributed by atoms with E-state index in [2.05, 4.69) is 10.6 Å². The van der Waals surface area contributed by atoms with Crippen LogP contribution < -0.4 is 15.4 Å². The molecule has 1 aliphatic heterocycles. The largest absolute Gasteiger partial charge is 0.493 e. The molecular weight excluding hydrogens is 304 g/mol. The average molecular weight is 324 g/mol. The van der Waals surface area contributed by atoms with Gasteiger partial charge in [0.1, 0.15) is 5.75 Å². The second-order valence-electron chi connectivity index (χ2n) is 5.84. The maximum absolute atomic E-state index is 11.9. The second kappa shape index (κ2) is 7.64. The average Bonchev–Trinajstić information content (AvgIpc) is 2.65. The van der Waals surface area contributed by atoms with E-state index in [-0.39, 0.29) is 24.3 Å². The fraction of sp³-hybridized carbons (Fsp3) is 0.263. The number of para-hydroxylation sites is 1. The van der Waals surface area contributed by atoms with Gasteiger partial charge in [0.25, 0.3) is 5.91 Å². The van der Waals surface area contributed by atoms with Crippen LogP contribution in [0.25, 0.3) is 0 Å². The van der Waals surface area contributed by atoms with Gasteiger partial charge in [0.15, 0.2) is 0 Å². The van der Waals surface area contributed by atoms with Crippen LogP contribution in [0.1, 0.15) is 15.9 Å². The van der Waals surface area contributed by atoms with Crippen LogP contribution >= 0.6 is 0 Å². The summed E-state index contributed by atoms with van der Waals surface area (Å²) < 4.78 is 5.70. The second-order valence-corrected chi connectivity index (χ2v) is 5.84. The van der Waals surface area contributed by atoms with Gasteiger partial charge in [-0.1, -0.05) is 36.4 Å².